The van der Waals surface area contributed by atoms with Crippen LogP contribution in [0.4, 0.5) is 5.69 Å². The molecular formula is C19H27IN4. The van der Waals surface area contributed by atoms with Crippen molar-refractivity contribution in [2.75, 3.05) is 25.5 Å². The van der Waals surface area contributed by atoms with Crippen LogP contribution in [0.25, 0.3) is 0 Å². The molecule has 0 radical (unpaired) electrons. The van der Waals surface area contributed by atoms with Gasteiger partial charge in [-0.2, -0.15) is 0 Å². The third kappa shape index (κ3) is 6.88. The number of rotatable bonds is 6. The zero-order valence-corrected chi connectivity index (χ0v) is 17.0. The van der Waals surface area contributed by atoms with Crippen LogP contribution in [0.2, 0.25) is 0 Å². The second-order valence-corrected chi connectivity index (χ2v) is 5.91. The molecule has 0 fully saturated rings. The molecule has 0 amide bonds. The summed E-state index contributed by atoms with van der Waals surface area (Å²) in [7, 11) is 2.09. The van der Waals surface area contributed by atoms with Crippen LogP contribution in [0.3, 0.4) is 0 Å². The number of nitrogens with one attached hydrogen (secondary N) is 1. The van der Waals surface area contributed by atoms with Crippen LogP contribution >= 0.6 is 24.0 Å². The minimum atomic E-state index is 0. The number of hydrogen-bond donors (Lipinski definition) is 2. The van der Waals surface area contributed by atoms with Gasteiger partial charge in [0.25, 0.3) is 0 Å². The number of aliphatic imine (C=N–C) groups is 1. The predicted octanol–water partition coefficient (Wildman–Crippen LogP) is 3.78. The first-order chi connectivity index (χ1) is 11.0. The lowest BCUT2D eigenvalue weighted by Crippen LogP contribution is -2.26. The van der Waals surface area contributed by atoms with E-state index < -0.39 is 0 Å². The number of halogens is 1. The molecule has 0 aromatic heterocycles. The second-order valence-electron chi connectivity index (χ2n) is 5.91. The fourth-order valence-corrected chi connectivity index (χ4v) is 2.32. The second kappa shape index (κ2) is 10.3. The topological polar surface area (TPSA) is 53.6 Å². The first kappa shape index (κ1) is 20.4. The SMILES string of the molecule is Cc1ccc(NC(N)=NCCN(C)Cc2ccccc2)cc1C.I. The smallest absolute Gasteiger partial charge is 0.193 e. The van der Waals surface area contributed by atoms with Gasteiger partial charge in [-0.05, 0) is 49.7 Å². The van der Waals surface area contributed by atoms with Crippen LogP contribution in [0.5, 0.6) is 0 Å². The first-order valence-electron chi connectivity index (χ1n) is 7.91. The average molecular weight is 438 g/mol. The van der Waals surface area contributed by atoms with Gasteiger partial charge >= 0.3 is 0 Å². The maximum absolute atomic E-state index is 5.95. The maximum atomic E-state index is 5.95. The van der Waals surface area contributed by atoms with Crippen molar-refractivity contribution in [2.45, 2.75) is 20.4 Å². The summed E-state index contributed by atoms with van der Waals surface area (Å²) < 4.78 is 0. The molecule has 0 aliphatic heterocycles. The third-order valence-electron chi connectivity index (χ3n) is 3.84. The van der Waals surface area contributed by atoms with Crippen LogP contribution in [-0.4, -0.2) is 31.0 Å². The number of hydrogen-bond acceptors (Lipinski definition) is 2. The van der Waals surface area contributed by atoms with Crippen LogP contribution in [-0.2, 0) is 6.54 Å². The van der Waals surface area contributed by atoms with Gasteiger partial charge in [-0.1, -0.05) is 36.4 Å². The monoisotopic (exact) mass is 438 g/mol. The lowest BCUT2D eigenvalue weighted by Gasteiger charge is -2.15. The quantitative estimate of drug-likeness (QED) is 0.410. The molecule has 0 unspecified atom stereocenters. The van der Waals surface area contributed by atoms with E-state index in [4.69, 9.17) is 5.73 Å². The molecule has 3 N–H and O–H groups in total. The largest absolute Gasteiger partial charge is 0.370 e. The number of anilines is 1. The van der Waals surface area contributed by atoms with E-state index >= 15 is 0 Å². The molecule has 24 heavy (non-hydrogen) atoms. The molecular weight excluding hydrogens is 411 g/mol. The Morgan fingerprint density at radius 3 is 2.46 bits per heavy atom. The third-order valence-corrected chi connectivity index (χ3v) is 3.84. The molecule has 0 saturated carbocycles. The van der Waals surface area contributed by atoms with Crippen molar-refractivity contribution in [3.05, 3.63) is 65.2 Å². The van der Waals surface area contributed by atoms with Gasteiger partial charge in [-0.3, -0.25) is 4.99 Å². The van der Waals surface area contributed by atoms with Gasteiger partial charge in [0.15, 0.2) is 5.96 Å². The molecule has 4 nitrogen and oxygen atoms in total. The summed E-state index contributed by atoms with van der Waals surface area (Å²) >= 11 is 0. The molecule has 2 aromatic carbocycles. The van der Waals surface area contributed by atoms with E-state index in [9.17, 15) is 0 Å². The highest BCUT2D eigenvalue weighted by Gasteiger charge is 2.00. The van der Waals surface area contributed by atoms with E-state index in [1.165, 1.54) is 16.7 Å². The molecule has 0 atom stereocenters. The molecule has 2 aromatic rings. The number of aryl methyl sites for hydroxylation is 2. The van der Waals surface area contributed by atoms with Gasteiger partial charge in [-0.25, -0.2) is 0 Å². The molecule has 5 heteroatoms. The van der Waals surface area contributed by atoms with E-state index in [0.717, 1.165) is 18.8 Å². The molecule has 0 bridgehead atoms. The van der Waals surface area contributed by atoms with Gasteiger partial charge < -0.3 is 16.0 Å². The zero-order chi connectivity index (χ0) is 16.7. The van der Waals surface area contributed by atoms with E-state index in [1.807, 2.05) is 12.1 Å². The van der Waals surface area contributed by atoms with Crippen LogP contribution in [0.15, 0.2) is 53.5 Å². The highest BCUT2D eigenvalue weighted by Crippen LogP contribution is 2.13. The Hall–Kier alpha value is -1.60. The fourth-order valence-electron chi connectivity index (χ4n) is 2.32. The number of nitrogens with zero attached hydrogens (tertiary/aromatic N) is 2. The molecule has 0 saturated heterocycles. The molecule has 130 valence electrons. The fraction of sp³-hybridized carbons (Fsp3) is 0.316. The summed E-state index contributed by atoms with van der Waals surface area (Å²) in [5, 5.41) is 3.14. The van der Waals surface area contributed by atoms with E-state index in [-0.39, 0.29) is 24.0 Å². The summed E-state index contributed by atoms with van der Waals surface area (Å²) in [6.07, 6.45) is 0. The lowest BCUT2D eigenvalue weighted by molar-refractivity contribution is 0.336. The normalized spacial score (nSPS) is 11.2. The summed E-state index contributed by atoms with van der Waals surface area (Å²) in [6.45, 7) is 6.64. The Bertz CT molecular complexity index is 656. The van der Waals surface area contributed by atoms with Gasteiger partial charge in [0.2, 0.25) is 0 Å². The predicted molar refractivity (Wildman–Crippen MR) is 114 cm³/mol. The highest BCUT2D eigenvalue weighted by atomic mass is 127. The van der Waals surface area contributed by atoms with Crippen molar-refractivity contribution in [3.8, 4) is 0 Å². The molecule has 0 heterocycles. The lowest BCUT2D eigenvalue weighted by atomic mass is 10.1. The average Bonchev–Trinajstić information content (AvgIpc) is 2.52. The Labute approximate surface area is 162 Å². The number of guanidine groups is 1. The van der Waals surface area contributed by atoms with Crippen molar-refractivity contribution in [1.29, 1.82) is 0 Å². The molecule has 0 aliphatic rings. The van der Waals surface area contributed by atoms with Crippen molar-refractivity contribution in [2.24, 2.45) is 10.7 Å². The van der Waals surface area contributed by atoms with Gasteiger partial charge in [0, 0.05) is 18.8 Å². The number of likely N-dealkylation sites (N-methyl/N-ethyl adjacent to an activating group) is 1. The summed E-state index contributed by atoms with van der Waals surface area (Å²) in [6, 6.07) is 16.6. The van der Waals surface area contributed by atoms with Gasteiger partial charge in [0.05, 0.1) is 6.54 Å². The van der Waals surface area contributed by atoms with Crippen LogP contribution in [0, 0.1) is 13.8 Å². The van der Waals surface area contributed by atoms with Crippen molar-refractivity contribution < 1.29 is 0 Å². The molecule has 0 aliphatic carbocycles. The Balaban J connectivity index is 0.00000288. The van der Waals surface area contributed by atoms with E-state index in [2.05, 4.69) is 72.5 Å². The standard InChI is InChI=1S/C19H26N4.HI/c1-15-9-10-18(13-16(15)2)22-19(20)21-11-12-23(3)14-17-7-5-4-6-8-17;/h4-10,13H,11-12,14H2,1-3H3,(H3,20,21,22);1H. The summed E-state index contributed by atoms with van der Waals surface area (Å²) in [5.74, 6) is 0.460. The van der Waals surface area contributed by atoms with Crippen molar-refractivity contribution >= 4 is 35.6 Å². The zero-order valence-electron chi connectivity index (χ0n) is 14.6. The first-order valence-corrected chi connectivity index (χ1v) is 7.91. The highest BCUT2D eigenvalue weighted by molar-refractivity contribution is 14.0. The minimum Gasteiger partial charge on any atom is -0.370 e. The van der Waals surface area contributed by atoms with Crippen molar-refractivity contribution in [3.63, 3.8) is 0 Å². The molecule has 0 spiro atoms. The van der Waals surface area contributed by atoms with Gasteiger partial charge in [-0.15, -0.1) is 24.0 Å². The maximum Gasteiger partial charge on any atom is 0.193 e. The Morgan fingerprint density at radius 2 is 1.79 bits per heavy atom. The Kier molecular flexibility index (Phi) is 8.78. The van der Waals surface area contributed by atoms with Crippen LogP contribution < -0.4 is 11.1 Å². The number of benzene rings is 2. The minimum absolute atomic E-state index is 0. The van der Waals surface area contributed by atoms with E-state index in [0.29, 0.717) is 12.5 Å². The molecule has 2 rings (SSSR count). The van der Waals surface area contributed by atoms with E-state index in [1.54, 1.807) is 0 Å². The van der Waals surface area contributed by atoms with Crippen LogP contribution in [0.1, 0.15) is 16.7 Å². The Morgan fingerprint density at radius 1 is 1.08 bits per heavy atom. The van der Waals surface area contributed by atoms with Gasteiger partial charge in [0.1, 0.15) is 0 Å². The summed E-state index contributed by atoms with van der Waals surface area (Å²) in [4.78, 5) is 6.63. The van der Waals surface area contributed by atoms with Crippen molar-refractivity contribution in [1.82, 2.24) is 4.90 Å². The summed E-state index contributed by atoms with van der Waals surface area (Å²) in [5.41, 5.74) is 10.8. The number of nitrogens with two attached hydrogens (primary N) is 1.